The molecule has 7 nitrogen and oxygen atoms in total. The summed E-state index contributed by atoms with van der Waals surface area (Å²) < 4.78 is 30.6. The van der Waals surface area contributed by atoms with Crippen molar-refractivity contribution in [1.29, 1.82) is 0 Å². The molecular weight excluding hydrogens is 463 g/mol. The zero-order chi connectivity index (χ0) is 24.9. The first-order valence-electron chi connectivity index (χ1n) is 11.9. The first kappa shape index (κ1) is 23.7. The molecule has 0 spiro atoms. The molecular formula is C28H27FN2O5. The van der Waals surface area contributed by atoms with Gasteiger partial charge in [0.1, 0.15) is 29.6 Å². The highest BCUT2D eigenvalue weighted by Crippen LogP contribution is 2.42. The van der Waals surface area contributed by atoms with Gasteiger partial charge in [0.2, 0.25) is 11.5 Å². The van der Waals surface area contributed by atoms with Gasteiger partial charge in [0.15, 0.2) is 5.69 Å². The molecule has 3 aromatic carbocycles. The van der Waals surface area contributed by atoms with Crippen molar-refractivity contribution in [3.05, 3.63) is 72.8 Å². The molecule has 8 heteroatoms. The molecule has 1 atom stereocenters. The summed E-state index contributed by atoms with van der Waals surface area (Å²) >= 11 is 0. The number of alkyl halides is 1. The monoisotopic (exact) mass is 490 g/mol. The fourth-order valence-corrected chi connectivity index (χ4v) is 4.23. The molecule has 186 valence electrons. The number of nitrogens with zero attached hydrogens (tertiary/aromatic N) is 2. The number of likely N-dealkylation sites (tertiary alicyclic amines) is 1. The van der Waals surface area contributed by atoms with Crippen molar-refractivity contribution < 1.29 is 28.6 Å². The summed E-state index contributed by atoms with van der Waals surface area (Å²) in [4.78, 5) is 2.23. The van der Waals surface area contributed by atoms with E-state index in [-0.39, 0.29) is 24.1 Å². The molecule has 1 aliphatic heterocycles. The largest absolute Gasteiger partial charge is 0.508 e. The van der Waals surface area contributed by atoms with Gasteiger partial charge < -0.3 is 24.2 Å². The number of phenolic OH excluding ortho intramolecular Hbond substituents is 2. The second kappa shape index (κ2) is 10.7. The van der Waals surface area contributed by atoms with Crippen LogP contribution in [0, 0.1) is 5.92 Å². The number of hydrogen-bond acceptors (Lipinski definition) is 7. The van der Waals surface area contributed by atoms with Crippen molar-refractivity contribution >= 4 is 0 Å². The second-order valence-corrected chi connectivity index (χ2v) is 8.81. The first-order valence-corrected chi connectivity index (χ1v) is 11.9. The highest BCUT2D eigenvalue weighted by Gasteiger charge is 2.23. The molecule has 1 aliphatic rings. The van der Waals surface area contributed by atoms with Crippen LogP contribution < -0.4 is 9.47 Å². The topological polar surface area (TPSA) is 88.2 Å². The van der Waals surface area contributed by atoms with Gasteiger partial charge >= 0.3 is 0 Å². The summed E-state index contributed by atoms with van der Waals surface area (Å²) in [6.45, 7) is 2.74. The van der Waals surface area contributed by atoms with Crippen LogP contribution in [0.5, 0.6) is 28.7 Å². The van der Waals surface area contributed by atoms with E-state index in [1.165, 1.54) is 0 Å². The highest BCUT2D eigenvalue weighted by molar-refractivity contribution is 5.77. The minimum absolute atomic E-state index is 0.141. The van der Waals surface area contributed by atoms with Crippen LogP contribution in [0.2, 0.25) is 0 Å². The normalized spacial score (nSPS) is 15.8. The van der Waals surface area contributed by atoms with Gasteiger partial charge in [-0.2, -0.15) is 0 Å². The zero-order valence-electron chi connectivity index (χ0n) is 19.6. The molecule has 36 heavy (non-hydrogen) atoms. The zero-order valence-corrected chi connectivity index (χ0v) is 19.6. The number of benzene rings is 3. The van der Waals surface area contributed by atoms with Crippen LogP contribution in [0.3, 0.4) is 0 Å². The molecule has 2 N–H and O–H groups in total. The highest BCUT2D eigenvalue weighted by atomic mass is 19.1. The van der Waals surface area contributed by atoms with Gasteiger partial charge in [-0.3, -0.25) is 9.29 Å². The molecule has 0 saturated carbocycles. The van der Waals surface area contributed by atoms with Crippen LogP contribution in [0.15, 0.2) is 77.3 Å². The SMILES string of the molecule is Oc1ccc(-c2noc(-c3ccc(O)cc3)c2Oc2ccc(OCCN3CC[C@@H](CF)C3)cc2)cc1. The van der Waals surface area contributed by atoms with Crippen LogP contribution in [-0.4, -0.2) is 53.2 Å². The lowest BCUT2D eigenvalue weighted by atomic mass is 10.1. The van der Waals surface area contributed by atoms with Gasteiger partial charge in [-0.15, -0.1) is 0 Å². The summed E-state index contributed by atoms with van der Waals surface area (Å²) in [6, 6.07) is 20.4. The van der Waals surface area contributed by atoms with Crippen molar-refractivity contribution in [3.8, 4) is 51.3 Å². The Kier molecular flexibility index (Phi) is 7.04. The predicted molar refractivity (Wildman–Crippen MR) is 133 cm³/mol. The van der Waals surface area contributed by atoms with E-state index in [0.717, 1.165) is 26.1 Å². The fraction of sp³-hybridized carbons (Fsp3) is 0.250. The summed E-state index contributed by atoms with van der Waals surface area (Å²) in [5.74, 6) is 2.54. The van der Waals surface area contributed by atoms with Gasteiger partial charge in [0.25, 0.3) is 0 Å². The summed E-state index contributed by atoms with van der Waals surface area (Å²) in [5, 5.41) is 23.5. The molecule has 1 aromatic heterocycles. The Morgan fingerprint density at radius 3 is 2.17 bits per heavy atom. The minimum Gasteiger partial charge on any atom is -0.508 e. The van der Waals surface area contributed by atoms with E-state index in [1.807, 2.05) is 12.1 Å². The lowest BCUT2D eigenvalue weighted by Gasteiger charge is -2.16. The van der Waals surface area contributed by atoms with Gasteiger partial charge in [-0.1, -0.05) is 5.16 Å². The average Bonchev–Trinajstić information content (AvgIpc) is 3.53. The number of halogens is 1. The molecule has 4 aromatic rings. The third-order valence-corrected chi connectivity index (χ3v) is 6.23. The Bertz CT molecular complexity index is 1210. The second-order valence-electron chi connectivity index (χ2n) is 8.81. The maximum atomic E-state index is 12.8. The van der Waals surface area contributed by atoms with Gasteiger partial charge in [-0.05, 0) is 85.8 Å². The van der Waals surface area contributed by atoms with E-state index in [0.29, 0.717) is 46.4 Å². The summed E-state index contributed by atoms with van der Waals surface area (Å²) in [7, 11) is 0. The number of aromatic hydroxyl groups is 2. The Morgan fingerprint density at radius 2 is 1.53 bits per heavy atom. The Balaban J connectivity index is 1.32. The standard InChI is InChI=1S/C28H27FN2O5/c29-17-19-13-14-31(18-19)15-16-34-24-9-11-25(12-10-24)35-28-26(20-1-5-22(32)6-2-20)30-36-27(28)21-3-7-23(33)8-4-21/h1-12,19,32-33H,13-18H2/t19-/m0/s1. The Labute approximate surface area is 208 Å². The van der Waals surface area contributed by atoms with Crippen LogP contribution >= 0.6 is 0 Å². The van der Waals surface area contributed by atoms with Crippen molar-refractivity contribution in [1.82, 2.24) is 10.1 Å². The van der Waals surface area contributed by atoms with Crippen molar-refractivity contribution in [2.75, 3.05) is 32.9 Å². The maximum absolute atomic E-state index is 12.8. The van der Waals surface area contributed by atoms with Gasteiger partial charge in [0, 0.05) is 30.1 Å². The van der Waals surface area contributed by atoms with Crippen molar-refractivity contribution in [3.63, 3.8) is 0 Å². The Morgan fingerprint density at radius 1 is 0.889 bits per heavy atom. The first-order chi connectivity index (χ1) is 17.6. The predicted octanol–water partition coefficient (Wildman–Crippen LogP) is 5.88. The molecule has 0 aliphatic carbocycles. The van der Waals surface area contributed by atoms with Crippen LogP contribution in [0.1, 0.15) is 6.42 Å². The number of aromatic nitrogens is 1. The van der Waals surface area contributed by atoms with E-state index in [1.54, 1.807) is 60.7 Å². The summed E-state index contributed by atoms with van der Waals surface area (Å²) in [5.41, 5.74) is 1.89. The maximum Gasteiger partial charge on any atom is 0.210 e. The number of rotatable bonds is 9. The molecule has 1 saturated heterocycles. The molecule has 0 unspecified atom stereocenters. The average molecular weight is 491 g/mol. The van der Waals surface area contributed by atoms with Crippen LogP contribution in [0.25, 0.3) is 22.6 Å². The molecule has 0 amide bonds. The lowest BCUT2D eigenvalue weighted by Crippen LogP contribution is -2.26. The number of ether oxygens (including phenoxy) is 2. The number of hydrogen-bond donors (Lipinski definition) is 2. The van der Waals surface area contributed by atoms with E-state index in [2.05, 4.69) is 10.1 Å². The molecule has 5 rings (SSSR count). The minimum atomic E-state index is -0.256. The van der Waals surface area contributed by atoms with Crippen molar-refractivity contribution in [2.24, 2.45) is 5.92 Å². The molecule has 0 bridgehead atoms. The third-order valence-electron chi connectivity index (χ3n) is 6.23. The molecule has 0 radical (unpaired) electrons. The molecule has 2 heterocycles. The third kappa shape index (κ3) is 5.44. The number of phenols is 2. The lowest BCUT2D eigenvalue weighted by molar-refractivity contribution is 0.228. The quantitative estimate of drug-likeness (QED) is 0.303. The fourth-order valence-electron chi connectivity index (χ4n) is 4.23. The Hall–Kier alpha value is -4.04. The van der Waals surface area contributed by atoms with E-state index in [9.17, 15) is 14.6 Å². The molecule has 1 fully saturated rings. The van der Waals surface area contributed by atoms with E-state index in [4.69, 9.17) is 14.0 Å². The van der Waals surface area contributed by atoms with Crippen LogP contribution in [-0.2, 0) is 0 Å². The van der Waals surface area contributed by atoms with Crippen LogP contribution in [0.4, 0.5) is 4.39 Å². The van der Waals surface area contributed by atoms with Gasteiger partial charge in [-0.25, -0.2) is 0 Å². The van der Waals surface area contributed by atoms with E-state index >= 15 is 0 Å². The van der Waals surface area contributed by atoms with Crippen molar-refractivity contribution in [2.45, 2.75) is 6.42 Å². The van der Waals surface area contributed by atoms with Gasteiger partial charge in [0.05, 0.1) is 6.67 Å². The smallest absolute Gasteiger partial charge is 0.210 e. The summed E-state index contributed by atoms with van der Waals surface area (Å²) in [6.07, 6.45) is 0.906. The van der Waals surface area contributed by atoms with E-state index < -0.39 is 0 Å².